The molecule has 21 heavy (non-hydrogen) atoms. The minimum absolute atomic E-state index is 0.388. The SMILES string of the molecule is C=CC1(NC(=O)OC(C)(C)C)CCc2c(Br)cccc2C1. The predicted molar refractivity (Wildman–Crippen MR) is 88.5 cm³/mol. The Labute approximate surface area is 134 Å². The van der Waals surface area contributed by atoms with Gasteiger partial charge in [0.2, 0.25) is 0 Å². The molecule has 1 amide bonds. The Morgan fingerprint density at radius 3 is 2.81 bits per heavy atom. The van der Waals surface area contributed by atoms with Crippen molar-refractivity contribution in [1.29, 1.82) is 0 Å². The summed E-state index contributed by atoms with van der Waals surface area (Å²) in [5, 5.41) is 3.00. The molecule has 2 rings (SSSR count). The van der Waals surface area contributed by atoms with Crippen molar-refractivity contribution in [3.05, 3.63) is 46.5 Å². The lowest BCUT2D eigenvalue weighted by molar-refractivity contribution is 0.0470. The van der Waals surface area contributed by atoms with Crippen LogP contribution in [0.4, 0.5) is 4.79 Å². The maximum absolute atomic E-state index is 12.1. The van der Waals surface area contributed by atoms with Gasteiger partial charge in [-0.2, -0.15) is 0 Å². The highest BCUT2D eigenvalue weighted by Gasteiger charge is 2.35. The molecule has 0 heterocycles. The Bertz CT molecular complexity index is 562. The molecule has 1 aliphatic carbocycles. The first-order valence-electron chi connectivity index (χ1n) is 7.16. The van der Waals surface area contributed by atoms with Crippen molar-refractivity contribution in [2.24, 2.45) is 0 Å². The van der Waals surface area contributed by atoms with Crippen LogP contribution in [0, 0.1) is 0 Å². The third-order valence-corrected chi connectivity index (χ3v) is 4.43. The molecule has 1 unspecified atom stereocenters. The second-order valence-corrected chi connectivity index (χ2v) is 7.40. The monoisotopic (exact) mass is 351 g/mol. The van der Waals surface area contributed by atoms with Gasteiger partial charge in [-0.15, -0.1) is 6.58 Å². The van der Waals surface area contributed by atoms with Crippen LogP contribution in [0.3, 0.4) is 0 Å². The zero-order valence-electron chi connectivity index (χ0n) is 12.8. The summed E-state index contributed by atoms with van der Waals surface area (Å²) in [5.41, 5.74) is 1.63. The molecular formula is C17H22BrNO2. The van der Waals surface area contributed by atoms with Crippen LogP contribution in [-0.2, 0) is 17.6 Å². The lowest BCUT2D eigenvalue weighted by Crippen LogP contribution is -2.52. The lowest BCUT2D eigenvalue weighted by atomic mass is 9.78. The van der Waals surface area contributed by atoms with Gasteiger partial charge in [0.15, 0.2) is 0 Å². The summed E-state index contributed by atoms with van der Waals surface area (Å²) in [4.78, 5) is 12.1. The quantitative estimate of drug-likeness (QED) is 0.802. The number of alkyl carbamates (subject to hydrolysis) is 1. The number of halogens is 1. The zero-order chi connectivity index (χ0) is 15.7. The van der Waals surface area contributed by atoms with Crippen molar-refractivity contribution in [1.82, 2.24) is 5.32 Å². The minimum Gasteiger partial charge on any atom is -0.444 e. The van der Waals surface area contributed by atoms with Gasteiger partial charge in [-0.25, -0.2) is 4.79 Å². The van der Waals surface area contributed by atoms with E-state index in [0.29, 0.717) is 0 Å². The van der Waals surface area contributed by atoms with Gasteiger partial charge < -0.3 is 10.1 Å². The molecule has 0 fully saturated rings. The number of ether oxygens (including phenoxy) is 1. The van der Waals surface area contributed by atoms with Crippen molar-refractivity contribution in [2.75, 3.05) is 0 Å². The van der Waals surface area contributed by atoms with E-state index >= 15 is 0 Å². The van der Waals surface area contributed by atoms with Crippen LogP contribution in [-0.4, -0.2) is 17.2 Å². The summed E-state index contributed by atoms with van der Waals surface area (Å²) >= 11 is 3.59. The number of rotatable bonds is 2. The average molecular weight is 352 g/mol. The molecule has 1 N–H and O–H groups in total. The highest BCUT2D eigenvalue weighted by molar-refractivity contribution is 9.10. The summed E-state index contributed by atoms with van der Waals surface area (Å²) in [6, 6.07) is 6.19. The molecule has 1 aromatic carbocycles. The van der Waals surface area contributed by atoms with Crippen molar-refractivity contribution in [2.45, 2.75) is 51.2 Å². The Morgan fingerprint density at radius 2 is 2.19 bits per heavy atom. The first kappa shape index (κ1) is 16.1. The number of hydrogen-bond donors (Lipinski definition) is 1. The summed E-state index contributed by atoms with van der Waals surface area (Å²) in [6.07, 6.45) is 3.91. The van der Waals surface area contributed by atoms with Gasteiger partial charge >= 0.3 is 6.09 Å². The van der Waals surface area contributed by atoms with E-state index in [2.05, 4.69) is 40.0 Å². The Hall–Kier alpha value is -1.29. The average Bonchev–Trinajstić information content (AvgIpc) is 2.36. The van der Waals surface area contributed by atoms with Crippen LogP contribution in [0.1, 0.15) is 38.3 Å². The Morgan fingerprint density at radius 1 is 1.48 bits per heavy atom. The van der Waals surface area contributed by atoms with Crippen molar-refractivity contribution < 1.29 is 9.53 Å². The van der Waals surface area contributed by atoms with E-state index < -0.39 is 11.1 Å². The van der Waals surface area contributed by atoms with E-state index in [4.69, 9.17) is 4.74 Å². The van der Waals surface area contributed by atoms with E-state index in [1.807, 2.05) is 32.9 Å². The fourth-order valence-electron chi connectivity index (χ4n) is 2.66. The molecular weight excluding hydrogens is 330 g/mol. The first-order valence-corrected chi connectivity index (χ1v) is 7.95. The molecule has 0 radical (unpaired) electrons. The predicted octanol–water partition coefficient (Wildman–Crippen LogP) is 4.39. The van der Waals surface area contributed by atoms with Crippen LogP contribution in [0.2, 0.25) is 0 Å². The molecule has 114 valence electrons. The number of hydrogen-bond acceptors (Lipinski definition) is 2. The number of amides is 1. The van der Waals surface area contributed by atoms with Crippen molar-refractivity contribution in [3.8, 4) is 0 Å². The number of fused-ring (bicyclic) bond motifs is 1. The van der Waals surface area contributed by atoms with Crippen LogP contribution >= 0.6 is 15.9 Å². The second-order valence-electron chi connectivity index (χ2n) is 6.54. The summed E-state index contributed by atoms with van der Waals surface area (Å²) in [5.74, 6) is 0. The number of carbonyl (C=O) groups excluding carboxylic acids is 1. The van der Waals surface area contributed by atoms with Crippen molar-refractivity contribution in [3.63, 3.8) is 0 Å². The summed E-state index contributed by atoms with van der Waals surface area (Å²) < 4.78 is 6.51. The van der Waals surface area contributed by atoms with Gasteiger partial charge in [-0.3, -0.25) is 0 Å². The minimum atomic E-state index is -0.498. The van der Waals surface area contributed by atoms with Crippen LogP contribution in [0.5, 0.6) is 0 Å². The largest absolute Gasteiger partial charge is 0.444 e. The molecule has 1 aliphatic rings. The molecule has 0 saturated heterocycles. The maximum Gasteiger partial charge on any atom is 0.408 e. The maximum atomic E-state index is 12.1. The molecule has 1 atom stereocenters. The number of nitrogens with one attached hydrogen (secondary N) is 1. The zero-order valence-corrected chi connectivity index (χ0v) is 14.4. The standard InChI is InChI=1S/C17H22BrNO2/c1-5-17(19-15(20)21-16(2,3)4)10-9-13-12(11-17)7-6-8-14(13)18/h5-8H,1,9-11H2,2-4H3,(H,19,20). The Kier molecular flexibility index (Phi) is 4.47. The third-order valence-electron chi connectivity index (χ3n) is 3.68. The fraction of sp³-hybridized carbons (Fsp3) is 0.471. The molecule has 0 bridgehead atoms. The molecule has 3 nitrogen and oxygen atoms in total. The van der Waals surface area contributed by atoms with E-state index in [1.165, 1.54) is 11.1 Å². The van der Waals surface area contributed by atoms with Gasteiger partial charge in [0.25, 0.3) is 0 Å². The van der Waals surface area contributed by atoms with Gasteiger partial charge in [0.1, 0.15) is 5.60 Å². The second kappa shape index (κ2) is 5.84. The highest BCUT2D eigenvalue weighted by Crippen LogP contribution is 2.33. The van der Waals surface area contributed by atoms with Gasteiger partial charge in [0.05, 0.1) is 5.54 Å². The molecule has 0 saturated carbocycles. The van der Waals surface area contributed by atoms with E-state index in [0.717, 1.165) is 23.7 Å². The summed E-state index contributed by atoms with van der Waals surface area (Å²) in [7, 11) is 0. The van der Waals surface area contributed by atoms with E-state index in [9.17, 15) is 4.79 Å². The molecule has 1 aromatic rings. The van der Waals surface area contributed by atoms with Crippen molar-refractivity contribution >= 4 is 22.0 Å². The third kappa shape index (κ3) is 3.88. The lowest BCUT2D eigenvalue weighted by Gasteiger charge is -2.37. The van der Waals surface area contributed by atoms with Crippen LogP contribution < -0.4 is 5.32 Å². The van der Waals surface area contributed by atoms with E-state index in [1.54, 1.807) is 0 Å². The first-order chi connectivity index (χ1) is 9.75. The van der Waals surface area contributed by atoms with Crippen LogP contribution in [0.25, 0.3) is 0 Å². The topological polar surface area (TPSA) is 38.3 Å². The van der Waals surface area contributed by atoms with E-state index in [-0.39, 0.29) is 6.09 Å². The van der Waals surface area contributed by atoms with Gasteiger partial charge in [-0.05, 0) is 57.2 Å². The summed E-state index contributed by atoms with van der Waals surface area (Å²) in [6.45, 7) is 9.50. The highest BCUT2D eigenvalue weighted by atomic mass is 79.9. The van der Waals surface area contributed by atoms with Gasteiger partial charge in [0, 0.05) is 4.47 Å². The molecule has 0 spiro atoms. The molecule has 0 aromatic heterocycles. The van der Waals surface area contributed by atoms with Gasteiger partial charge in [-0.1, -0.05) is 34.1 Å². The molecule has 4 heteroatoms. The number of carbonyl (C=O) groups is 1. The smallest absolute Gasteiger partial charge is 0.408 e. The van der Waals surface area contributed by atoms with Crippen LogP contribution in [0.15, 0.2) is 35.3 Å². The molecule has 0 aliphatic heterocycles. The number of benzene rings is 1. The normalized spacial score (nSPS) is 21.3. The fourth-order valence-corrected chi connectivity index (χ4v) is 3.27. The Balaban J connectivity index is 2.17.